The van der Waals surface area contributed by atoms with Gasteiger partial charge in [-0.1, -0.05) is 6.07 Å². The Bertz CT molecular complexity index is 273. The molecule has 1 rings (SSSR count). The van der Waals surface area contributed by atoms with Crippen molar-refractivity contribution in [2.24, 2.45) is 11.7 Å². The first-order valence-electron chi connectivity index (χ1n) is 3.59. The number of methoxy groups -OCH3 is 1. The van der Waals surface area contributed by atoms with Gasteiger partial charge in [0.25, 0.3) is 0 Å². The maximum Gasteiger partial charge on any atom is 0.123 e. The molecule has 0 unspecified atom stereocenters. The van der Waals surface area contributed by atoms with E-state index >= 15 is 0 Å². The highest BCUT2D eigenvalue weighted by atomic mass is 16.5. The molecule has 0 amide bonds. The molecule has 0 atom stereocenters. The van der Waals surface area contributed by atoms with E-state index in [4.69, 9.17) is 16.4 Å². The second kappa shape index (κ2) is 3.42. The lowest BCUT2D eigenvalue weighted by Crippen LogP contribution is -2.37. The first-order valence-corrected chi connectivity index (χ1v) is 3.59. The summed E-state index contributed by atoms with van der Waals surface area (Å²) in [6.45, 7) is 1.96. The van der Waals surface area contributed by atoms with Crippen molar-refractivity contribution in [3.8, 4) is 5.75 Å². The molecule has 4 heteroatoms. The van der Waals surface area contributed by atoms with Crippen LogP contribution in [0.5, 0.6) is 5.75 Å². The lowest BCUT2D eigenvalue weighted by atomic mass is 10.2. The van der Waals surface area contributed by atoms with Crippen molar-refractivity contribution < 1.29 is 4.74 Å². The number of anilines is 1. The monoisotopic (exact) mass is 167 g/mol. The second-order valence-electron chi connectivity index (χ2n) is 2.56. The molecule has 1 aromatic rings. The smallest absolute Gasteiger partial charge is 0.123 e. The van der Waals surface area contributed by atoms with Crippen molar-refractivity contribution in [3.05, 3.63) is 23.8 Å². The minimum atomic E-state index is 0.720. The minimum absolute atomic E-state index is 0.720. The zero-order valence-electron chi connectivity index (χ0n) is 7.24. The van der Waals surface area contributed by atoms with Crippen molar-refractivity contribution >= 4 is 5.69 Å². The largest absolute Gasteiger partial charge is 0.496 e. The minimum Gasteiger partial charge on any atom is -0.496 e. The van der Waals surface area contributed by atoms with Crippen molar-refractivity contribution in [3.63, 3.8) is 0 Å². The summed E-state index contributed by atoms with van der Waals surface area (Å²) in [5.41, 5.74) is 1.78. The molecule has 0 saturated carbocycles. The third kappa shape index (κ3) is 1.66. The summed E-state index contributed by atoms with van der Waals surface area (Å²) in [7, 11) is 1.61. The quantitative estimate of drug-likeness (QED) is 0.499. The summed E-state index contributed by atoms with van der Waals surface area (Å²) >= 11 is 0. The van der Waals surface area contributed by atoms with Crippen molar-refractivity contribution in [2.45, 2.75) is 6.92 Å². The molecule has 0 radical (unpaired) electrons. The van der Waals surface area contributed by atoms with Crippen molar-refractivity contribution in [1.82, 2.24) is 0 Å². The Morgan fingerprint density at radius 2 is 2.00 bits per heavy atom. The Labute approximate surface area is 71.7 Å². The molecule has 12 heavy (non-hydrogen) atoms. The molecule has 1 aromatic carbocycles. The molecule has 0 spiro atoms. The van der Waals surface area contributed by atoms with Crippen LogP contribution in [0.15, 0.2) is 18.2 Å². The average Bonchev–Trinajstić information content (AvgIpc) is 2.05. The summed E-state index contributed by atoms with van der Waals surface area (Å²) in [6.07, 6.45) is 0. The van der Waals surface area contributed by atoms with Gasteiger partial charge < -0.3 is 4.74 Å². The first-order chi connectivity index (χ1) is 5.65. The van der Waals surface area contributed by atoms with E-state index in [9.17, 15) is 0 Å². The summed E-state index contributed by atoms with van der Waals surface area (Å²) in [4.78, 5) is 0. The first kappa shape index (κ1) is 8.83. The van der Waals surface area contributed by atoms with Crippen LogP contribution in [0.3, 0.4) is 0 Å². The molecule has 4 N–H and O–H groups in total. The molecule has 0 aliphatic carbocycles. The summed E-state index contributed by atoms with van der Waals surface area (Å²) in [5, 5.41) is 1.06. The fourth-order valence-corrected chi connectivity index (χ4v) is 0.969. The molecule has 0 aliphatic rings. The molecule has 0 saturated heterocycles. The molecule has 0 aliphatic heterocycles. The lowest BCUT2D eigenvalue weighted by molar-refractivity contribution is 0.411. The Morgan fingerprint density at radius 3 is 2.50 bits per heavy atom. The molecule has 0 heterocycles. The number of ether oxygens (including phenoxy) is 1. The van der Waals surface area contributed by atoms with Crippen LogP contribution in [0, 0.1) is 6.92 Å². The maximum absolute atomic E-state index is 5.34. The summed E-state index contributed by atoms with van der Waals surface area (Å²) in [6, 6.07) is 5.52. The van der Waals surface area contributed by atoms with Crippen LogP contribution in [0.2, 0.25) is 0 Å². The van der Waals surface area contributed by atoms with Gasteiger partial charge in [-0.15, -0.1) is 0 Å². The summed E-state index contributed by atoms with van der Waals surface area (Å²) in [5.74, 6) is 11.5. The van der Waals surface area contributed by atoms with Crippen molar-refractivity contribution in [1.29, 1.82) is 0 Å². The Kier molecular flexibility index (Phi) is 2.52. The number of hydrazine groups is 2. The molecule has 0 aromatic heterocycles. The van der Waals surface area contributed by atoms with Crippen LogP contribution < -0.4 is 21.5 Å². The number of benzene rings is 1. The van der Waals surface area contributed by atoms with Gasteiger partial charge >= 0.3 is 0 Å². The van der Waals surface area contributed by atoms with Gasteiger partial charge in [0.15, 0.2) is 0 Å². The topological polar surface area (TPSA) is 64.5 Å². The normalized spacial score (nSPS) is 9.67. The van der Waals surface area contributed by atoms with Gasteiger partial charge in [-0.2, -0.15) is 0 Å². The van der Waals surface area contributed by atoms with Gasteiger partial charge in [0.2, 0.25) is 0 Å². The molecular weight excluding hydrogens is 154 g/mol. The molecule has 0 fully saturated rings. The van der Waals surface area contributed by atoms with Gasteiger partial charge in [-0.05, 0) is 18.6 Å². The van der Waals surface area contributed by atoms with E-state index in [0.29, 0.717) is 0 Å². The number of rotatable bonds is 2. The number of nitrogens with two attached hydrogens (primary N) is 2. The second-order valence-corrected chi connectivity index (χ2v) is 2.56. The van der Waals surface area contributed by atoms with E-state index in [0.717, 1.165) is 22.1 Å². The fraction of sp³-hybridized carbons (Fsp3) is 0.250. The van der Waals surface area contributed by atoms with E-state index in [2.05, 4.69) is 0 Å². The number of aryl methyl sites for hydroxylation is 1. The third-order valence-corrected chi connectivity index (χ3v) is 1.69. The van der Waals surface area contributed by atoms with Gasteiger partial charge in [0.05, 0.1) is 12.8 Å². The van der Waals surface area contributed by atoms with Gasteiger partial charge in [-0.25, -0.2) is 16.8 Å². The van der Waals surface area contributed by atoms with Crippen molar-refractivity contribution in [2.75, 3.05) is 12.2 Å². The van der Waals surface area contributed by atoms with E-state index in [-0.39, 0.29) is 0 Å². The standard InChI is InChI=1S/C8H13N3O/c1-6-3-4-7(11(9)10)5-8(6)12-2/h3-5H,9-10H2,1-2H3. The predicted octanol–water partition coefficient (Wildman–Crippen LogP) is 0.557. The zero-order chi connectivity index (χ0) is 9.14. The van der Waals surface area contributed by atoms with Gasteiger partial charge in [0, 0.05) is 6.07 Å². The molecular formula is C8H13N3O. The van der Waals surface area contributed by atoms with Crippen LogP contribution >= 0.6 is 0 Å². The molecule has 4 nitrogen and oxygen atoms in total. The number of hydrogen-bond acceptors (Lipinski definition) is 4. The SMILES string of the molecule is COc1cc(N(N)N)ccc1C. The van der Waals surface area contributed by atoms with Crippen LogP contribution in [0.1, 0.15) is 5.56 Å². The Morgan fingerprint density at radius 1 is 1.33 bits per heavy atom. The van der Waals surface area contributed by atoms with E-state index in [1.807, 2.05) is 19.1 Å². The lowest BCUT2D eigenvalue weighted by Gasteiger charge is -2.13. The molecule has 0 bridgehead atoms. The average molecular weight is 167 g/mol. The van der Waals surface area contributed by atoms with E-state index in [1.54, 1.807) is 13.2 Å². The van der Waals surface area contributed by atoms with Gasteiger partial charge in [-0.3, -0.25) is 0 Å². The fourth-order valence-electron chi connectivity index (χ4n) is 0.969. The highest BCUT2D eigenvalue weighted by molar-refractivity contribution is 5.51. The summed E-state index contributed by atoms with van der Waals surface area (Å²) < 4.78 is 5.10. The number of nitrogens with zero attached hydrogens (tertiary/aromatic N) is 1. The Hall–Kier alpha value is -1.26. The Balaban J connectivity index is 3.05. The van der Waals surface area contributed by atoms with Crippen LogP contribution in [-0.4, -0.2) is 7.11 Å². The zero-order valence-corrected chi connectivity index (χ0v) is 7.24. The highest BCUT2D eigenvalue weighted by Crippen LogP contribution is 2.22. The van der Waals surface area contributed by atoms with Crippen LogP contribution in [0.4, 0.5) is 5.69 Å². The predicted molar refractivity (Wildman–Crippen MR) is 48.6 cm³/mol. The van der Waals surface area contributed by atoms with E-state index < -0.39 is 0 Å². The number of hydrogen-bond donors (Lipinski definition) is 2. The highest BCUT2D eigenvalue weighted by Gasteiger charge is 2.01. The van der Waals surface area contributed by atoms with E-state index in [1.165, 1.54) is 0 Å². The maximum atomic E-state index is 5.34. The van der Waals surface area contributed by atoms with Crippen LogP contribution in [0.25, 0.3) is 0 Å². The van der Waals surface area contributed by atoms with Gasteiger partial charge in [0.1, 0.15) is 5.75 Å². The molecule has 66 valence electrons. The third-order valence-electron chi connectivity index (χ3n) is 1.69. The van der Waals surface area contributed by atoms with Crippen LogP contribution in [-0.2, 0) is 0 Å².